The zero-order valence-electron chi connectivity index (χ0n) is 24.1. The summed E-state index contributed by atoms with van der Waals surface area (Å²) in [5.74, 6) is 0. The van der Waals surface area contributed by atoms with Crippen molar-refractivity contribution in [2.45, 2.75) is 66.2 Å². The third-order valence-electron chi connectivity index (χ3n) is 8.13. The molecular weight excluding hydrogens is 595 g/mol. The molecule has 0 bridgehead atoms. The van der Waals surface area contributed by atoms with Crippen LogP contribution in [0.3, 0.4) is 0 Å². The van der Waals surface area contributed by atoms with E-state index < -0.39 is 16.1 Å². The number of halogens is 3. The quantitative estimate of drug-likeness (QED) is 0.162. The van der Waals surface area contributed by atoms with Crippen LogP contribution >= 0.6 is 0 Å². The van der Waals surface area contributed by atoms with Gasteiger partial charge < -0.3 is 37.2 Å². The molecule has 6 heteroatoms. The number of hydrogen-bond acceptors (Lipinski definition) is 0. The fourth-order valence-electron chi connectivity index (χ4n) is 5.88. The molecule has 3 aromatic rings. The Morgan fingerprint density at radius 1 is 0.605 bits per heavy atom. The van der Waals surface area contributed by atoms with Crippen molar-refractivity contribution in [3.05, 3.63) is 107 Å². The SMILES string of the molecule is CC1=[C-]C(C)([Si](c2ccccc2)(c2ccc(C)cc2)c2cc(C)cc([Si](C)(C)C)c2)C(C)=C1C.[Cl-].[Cl-].[Cl-].[Ti+4]. The molecule has 0 fully saturated rings. The molecule has 1 aliphatic rings. The molecule has 2 atom stereocenters. The van der Waals surface area contributed by atoms with Crippen LogP contribution in [0.25, 0.3) is 0 Å². The van der Waals surface area contributed by atoms with Crippen LogP contribution in [0.2, 0.25) is 24.7 Å². The first-order chi connectivity index (χ1) is 15.9. The first kappa shape index (κ1) is 37.2. The van der Waals surface area contributed by atoms with E-state index in [1.54, 1.807) is 5.19 Å². The molecule has 0 amide bonds. The molecule has 0 nitrogen and oxygen atoms in total. The fraction of sp³-hybridized carbons (Fsp3) is 0.312. The summed E-state index contributed by atoms with van der Waals surface area (Å²) in [6, 6.07) is 28.3. The summed E-state index contributed by atoms with van der Waals surface area (Å²) in [5.41, 5.74) is 6.86. The van der Waals surface area contributed by atoms with E-state index >= 15 is 0 Å². The predicted molar refractivity (Wildman–Crippen MR) is 156 cm³/mol. The van der Waals surface area contributed by atoms with Gasteiger partial charge in [-0.3, -0.25) is 6.08 Å². The van der Waals surface area contributed by atoms with Crippen molar-refractivity contribution in [3.63, 3.8) is 0 Å². The Bertz CT molecular complexity index is 1290. The summed E-state index contributed by atoms with van der Waals surface area (Å²) in [5, 5.41) is 5.80. The van der Waals surface area contributed by atoms with Gasteiger partial charge in [0.2, 0.25) is 0 Å². The van der Waals surface area contributed by atoms with Gasteiger partial charge in [0.25, 0.3) is 0 Å². The molecule has 1 aliphatic carbocycles. The average Bonchev–Trinajstić information content (AvgIpc) is 2.98. The van der Waals surface area contributed by atoms with Crippen LogP contribution in [0.5, 0.6) is 0 Å². The molecule has 2 unspecified atom stereocenters. The van der Waals surface area contributed by atoms with E-state index in [4.69, 9.17) is 0 Å². The maximum absolute atomic E-state index is 4.07. The molecule has 0 aliphatic heterocycles. The first-order valence-corrected chi connectivity index (χ1v) is 18.0. The minimum Gasteiger partial charge on any atom is -1.00 e. The van der Waals surface area contributed by atoms with Crippen LogP contribution in [0.4, 0.5) is 0 Å². The molecule has 0 saturated heterocycles. The monoisotopic (exact) mass is 632 g/mol. The third-order valence-corrected chi connectivity index (χ3v) is 15.7. The molecule has 3 aromatic carbocycles. The molecular formula is C32H39Cl3Si2Ti. The Balaban J connectivity index is 0.00000342. The molecule has 4 rings (SSSR count). The predicted octanol–water partition coefficient (Wildman–Crippen LogP) is -2.81. The normalized spacial score (nSPS) is 18.2. The van der Waals surface area contributed by atoms with Gasteiger partial charge in [-0.05, 0) is 29.4 Å². The summed E-state index contributed by atoms with van der Waals surface area (Å²) in [6.45, 7) is 21.2. The first-order valence-electron chi connectivity index (χ1n) is 12.5. The van der Waals surface area contributed by atoms with E-state index in [2.05, 4.69) is 140 Å². The maximum Gasteiger partial charge on any atom is 4.00 e. The summed E-state index contributed by atoms with van der Waals surface area (Å²) < 4.78 is 0. The van der Waals surface area contributed by atoms with Crippen molar-refractivity contribution in [1.82, 2.24) is 0 Å². The van der Waals surface area contributed by atoms with Crippen molar-refractivity contribution < 1.29 is 58.9 Å². The summed E-state index contributed by atoms with van der Waals surface area (Å²) in [6.07, 6.45) is 4.07. The van der Waals surface area contributed by atoms with E-state index in [-0.39, 0.29) is 64.0 Å². The van der Waals surface area contributed by atoms with Crippen LogP contribution in [0, 0.1) is 19.9 Å². The molecule has 0 radical (unpaired) electrons. The minimum absolute atomic E-state index is 0. The third kappa shape index (κ3) is 6.23. The molecule has 0 aromatic heterocycles. The second-order valence-corrected chi connectivity index (χ2v) is 20.8. The number of hydrogen-bond donors (Lipinski definition) is 0. The van der Waals surface area contributed by atoms with Gasteiger partial charge in [-0.2, -0.15) is 11.1 Å². The molecule has 200 valence electrons. The van der Waals surface area contributed by atoms with E-state index in [9.17, 15) is 0 Å². The van der Waals surface area contributed by atoms with E-state index in [0.29, 0.717) is 0 Å². The largest absolute Gasteiger partial charge is 4.00 e. The Morgan fingerprint density at radius 3 is 1.58 bits per heavy atom. The topological polar surface area (TPSA) is 0 Å². The van der Waals surface area contributed by atoms with Crippen molar-refractivity contribution in [3.8, 4) is 0 Å². The van der Waals surface area contributed by atoms with Gasteiger partial charge in [0.15, 0.2) is 0 Å². The van der Waals surface area contributed by atoms with Crippen LogP contribution in [0.15, 0.2) is 89.5 Å². The van der Waals surface area contributed by atoms with Crippen LogP contribution in [-0.4, -0.2) is 16.1 Å². The average molecular weight is 634 g/mol. The number of aryl methyl sites for hydroxylation is 2. The molecule has 0 spiro atoms. The molecule has 0 N–H and O–H groups in total. The zero-order chi connectivity index (χ0) is 24.9. The Morgan fingerprint density at radius 2 is 1.11 bits per heavy atom. The van der Waals surface area contributed by atoms with Gasteiger partial charge in [-0.15, -0.1) is 6.92 Å². The van der Waals surface area contributed by atoms with Crippen LogP contribution < -0.4 is 58.0 Å². The minimum atomic E-state index is -2.59. The van der Waals surface area contributed by atoms with Crippen LogP contribution in [0.1, 0.15) is 38.8 Å². The van der Waals surface area contributed by atoms with E-state index in [0.717, 1.165) is 0 Å². The fourth-order valence-corrected chi connectivity index (χ4v) is 13.3. The van der Waals surface area contributed by atoms with Gasteiger partial charge in [0.1, 0.15) is 8.07 Å². The van der Waals surface area contributed by atoms with Crippen molar-refractivity contribution in [2.75, 3.05) is 0 Å². The van der Waals surface area contributed by atoms with Crippen molar-refractivity contribution in [2.24, 2.45) is 0 Å². The van der Waals surface area contributed by atoms with Gasteiger partial charge in [0.05, 0.1) is 8.07 Å². The Kier molecular flexibility index (Phi) is 13.4. The standard InChI is InChI=1S/C32H39Si2.3ClH.Ti/c1-23-15-17-29(18-16-23)34(28-13-11-10-12-14-28,32(6)22-25(3)26(4)27(32)5)31-20-24(2)19-30(21-31)33(7,8)9;;;;/h10-21H,1-9H3;3*1H;/q-1;;;;+4/p-3. The molecule has 0 saturated carbocycles. The van der Waals surface area contributed by atoms with E-state index in [1.807, 2.05) is 0 Å². The van der Waals surface area contributed by atoms with Gasteiger partial charge in [-0.25, -0.2) is 5.57 Å². The second-order valence-electron chi connectivity index (χ2n) is 11.4. The van der Waals surface area contributed by atoms with Gasteiger partial charge in [-0.1, -0.05) is 135 Å². The maximum atomic E-state index is 4.07. The number of benzene rings is 3. The van der Waals surface area contributed by atoms with Crippen molar-refractivity contribution in [1.29, 1.82) is 0 Å². The molecule has 0 heterocycles. The Labute approximate surface area is 266 Å². The van der Waals surface area contributed by atoms with Crippen LogP contribution in [-0.2, 0) is 21.7 Å². The molecule has 38 heavy (non-hydrogen) atoms. The zero-order valence-corrected chi connectivity index (χ0v) is 29.9. The second kappa shape index (κ2) is 13.7. The van der Waals surface area contributed by atoms with E-state index in [1.165, 1.54) is 43.4 Å². The summed E-state index contributed by atoms with van der Waals surface area (Å²) in [7, 11) is -4.10. The van der Waals surface area contributed by atoms with Gasteiger partial charge in [0, 0.05) is 0 Å². The van der Waals surface area contributed by atoms with Gasteiger partial charge >= 0.3 is 21.7 Å². The summed E-state index contributed by atoms with van der Waals surface area (Å²) in [4.78, 5) is 0. The number of rotatable bonds is 5. The smallest absolute Gasteiger partial charge is 1.00 e. The van der Waals surface area contributed by atoms with Crippen molar-refractivity contribution >= 4 is 36.9 Å². The number of allylic oxidation sites excluding steroid dienone is 4. The Hall–Kier alpha value is -0.842. The summed E-state index contributed by atoms with van der Waals surface area (Å²) >= 11 is 0.